The maximum atomic E-state index is 10.9. The van der Waals surface area contributed by atoms with E-state index in [1.54, 1.807) is 0 Å². The average Bonchev–Trinajstić information content (AvgIpc) is 2.48. The molecule has 3 fully saturated rings. The van der Waals surface area contributed by atoms with Gasteiger partial charge in [0.2, 0.25) is 0 Å². The van der Waals surface area contributed by atoms with Crippen molar-refractivity contribution in [2.75, 3.05) is 0 Å². The van der Waals surface area contributed by atoms with E-state index >= 15 is 0 Å². The standard InChI is InChI=1S/C19H27NO/c1-13(15-5-3-2-4-6-15)20-18-10-17-8-7-14-9-16(18)12-19(17,21)11-14/h2-6,13-14,16-18,20-21H,7-12H2,1H3/t13-,14?,16?,17?,18+,19-/m0/s1. The highest BCUT2D eigenvalue weighted by molar-refractivity contribution is 5.18. The summed E-state index contributed by atoms with van der Waals surface area (Å²) in [6.45, 7) is 2.28. The lowest BCUT2D eigenvalue weighted by atomic mass is 9.53. The molecule has 3 bridgehead atoms. The van der Waals surface area contributed by atoms with Crippen LogP contribution >= 0.6 is 0 Å². The van der Waals surface area contributed by atoms with Crippen molar-refractivity contribution in [3.8, 4) is 0 Å². The second kappa shape index (κ2) is 5.10. The van der Waals surface area contributed by atoms with Gasteiger partial charge in [0.15, 0.2) is 0 Å². The predicted molar refractivity (Wildman–Crippen MR) is 84.9 cm³/mol. The lowest BCUT2D eigenvalue weighted by Gasteiger charge is -2.57. The van der Waals surface area contributed by atoms with Gasteiger partial charge in [0.25, 0.3) is 0 Å². The average molecular weight is 285 g/mol. The summed E-state index contributed by atoms with van der Waals surface area (Å²) in [6, 6.07) is 11.7. The molecule has 0 aromatic heterocycles. The third-order valence-corrected chi connectivity index (χ3v) is 6.45. The molecule has 3 unspecified atom stereocenters. The zero-order chi connectivity index (χ0) is 14.4. The molecule has 6 atom stereocenters. The van der Waals surface area contributed by atoms with Crippen LogP contribution in [0.3, 0.4) is 0 Å². The molecular weight excluding hydrogens is 258 g/mol. The number of rotatable bonds is 3. The second-order valence-corrected chi connectivity index (χ2v) is 7.79. The molecule has 3 saturated carbocycles. The summed E-state index contributed by atoms with van der Waals surface area (Å²) >= 11 is 0. The Bertz CT molecular complexity index is 502. The smallest absolute Gasteiger partial charge is 0.0682 e. The summed E-state index contributed by atoms with van der Waals surface area (Å²) in [5.74, 6) is 1.99. The normalized spacial score (nSPS) is 42.8. The summed E-state index contributed by atoms with van der Waals surface area (Å²) < 4.78 is 0. The van der Waals surface area contributed by atoms with E-state index in [2.05, 4.69) is 42.6 Å². The van der Waals surface area contributed by atoms with Crippen molar-refractivity contribution in [3.63, 3.8) is 0 Å². The van der Waals surface area contributed by atoms with E-state index < -0.39 is 0 Å². The molecule has 0 radical (unpaired) electrons. The van der Waals surface area contributed by atoms with Crippen LogP contribution in [0.1, 0.15) is 57.1 Å². The van der Waals surface area contributed by atoms with Crippen LogP contribution in [0.2, 0.25) is 0 Å². The number of nitrogens with one attached hydrogen (secondary N) is 1. The molecule has 0 saturated heterocycles. The quantitative estimate of drug-likeness (QED) is 0.888. The molecule has 2 nitrogen and oxygen atoms in total. The van der Waals surface area contributed by atoms with Crippen LogP contribution < -0.4 is 5.32 Å². The second-order valence-electron chi connectivity index (χ2n) is 7.79. The minimum atomic E-state index is -0.319. The van der Waals surface area contributed by atoms with Gasteiger partial charge in [-0.1, -0.05) is 30.3 Å². The summed E-state index contributed by atoms with van der Waals surface area (Å²) in [7, 11) is 0. The fourth-order valence-corrected chi connectivity index (χ4v) is 5.40. The van der Waals surface area contributed by atoms with Crippen molar-refractivity contribution in [1.29, 1.82) is 0 Å². The largest absolute Gasteiger partial charge is 0.390 e. The molecule has 0 amide bonds. The molecular formula is C19H27NO. The Labute approximate surface area is 128 Å². The van der Waals surface area contributed by atoms with Crippen molar-refractivity contribution in [1.82, 2.24) is 5.32 Å². The Hall–Kier alpha value is -0.860. The summed E-state index contributed by atoms with van der Waals surface area (Å²) in [4.78, 5) is 0. The van der Waals surface area contributed by atoms with Gasteiger partial charge in [-0.05, 0) is 68.8 Å². The van der Waals surface area contributed by atoms with Gasteiger partial charge in [0, 0.05) is 12.1 Å². The van der Waals surface area contributed by atoms with E-state index in [0.29, 0.717) is 23.9 Å². The Morgan fingerprint density at radius 3 is 2.76 bits per heavy atom. The van der Waals surface area contributed by atoms with Crippen molar-refractivity contribution in [2.24, 2.45) is 17.8 Å². The molecule has 3 aliphatic carbocycles. The highest BCUT2D eigenvalue weighted by Crippen LogP contribution is 2.54. The van der Waals surface area contributed by atoms with Gasteiger partial charge in [0.1, 0.15) is 0 Å². The zero-order valence-electron chi connectivity index (χ0n) is 13.0. The van der Waals surface area contributed by atoms with Crippen LogP contribution in [0.25, 0.3) is 0 Å². The van der Waals surface area contributed by atoms with E-state index in [0.717, 1.165) is 18.8 Å². The van der Waals surface area contributed by atoms with Gasteiger partial charge in [-0.2, -0.15) is 0 Å². The molecule has 114 valence electrons. The number of benzene rings is 1. The number of fused-ring (bicyclic) bond motifs is 2. The Balaban J connectivity index is 1.50. The van der Waals surface area contributed by atoms with E-state index in [9.17, 15) is 5.11 Å². The van der Waals surface area contributed by atoms with Gasteiger partial charge >= 0.3 is 0 Å². The maximum Gasteiger partial charge on any atom is 0.0682 e. The van der Waals surface area contributed by atoms with Gasteiger partial charge in [0.05, 0.1) is 5.60 Å². The van der Waals surface area contributed by atoms with E-state index in [-0.39, 0.29) is 5.60 Å². The highest BCUT2D eigenvalue weighted by atomic mass is 16.3. The van der Waals surface area contributed by atoms with Crippen LogP contribution in [0, 0.1) is 17.8 Å². The SMILES string of the molecule is C[C@H](N[C@@H]1CC2CCC3CC1C[C@@]2(O)C3)c1ccccc1. The molecule has 0 spiro atoms. The monoisotopic (exact) mass is 285 g/mol. The third kappa shape index (κ3) is 2.43. The van der Waals surface area contributed by atoms with E-state index in [1.165, 1.54) is 31.2 Å². The number of hydrogen-bond acceptors (Lipinski definition) is 2. The molecule has 4 rings (SSSR count). The molecule has 2 heteroatoms. The van der Waals surface area contributed by atoms with Gasteiger partial charge in [-0.3, -0.25) is 0 Å². The zero-order valence-corrected chi connectivity index (χ0v) is 13.0. The first kappa shape index (κ1) is 13.8. The summed E-state index contributed by atoms with van der Waals surface area (Å²) in [5, 5.41) is 14.8. The van der Waals surface area contributed by atoms with Crippen LogP contribution in [0.5, 0.6) is 0 Å². The first-order valence-corrected chi connectivity index (χ1v) is 8.67. The molecule has 0 heterocycles. The van der Waals surface area contributed by atoms with Crippen molar-refractivity contribution >= 4 is 0 Å². The molecule has 1 aromatic rings. The lowest BCUT2D eigenvalue weighted by Crippen LogP contribution is -2.59. The molecule has 0 aliphatic heterocycles. The van der Waals surface area contributed by atoms with Gasteiger partial charge in [-0.15, -0.1) is 0 Å². The minimum absolute atomic E-state index is 0.319. The summed E-state index contributed by atoms with van der Waals surface area (Å²) in [6.07, 6.45) is 7.21. The predicted octanol–water partition coefficient (Wildman–Crippen LogP) is 3.67. The number of aliphatic hydroxyl groups is 1. The Kier molecular flexibility index (Phi) is 3.35. The van der Waals surface area contributed by atoms with Gasteiger partial charge < -0.3 is 10.4 Å². The molecule has 1 aromatic carbocycles. The first-order chi connectivity index (χ1) is 10.1. The maximum absolute atomic E-state index is 10.9. The molecule has 21 heavy (non-hydrogen) atoms. The lowest BCUT2D eigenvalue weighted by molar-refractivity contribution is -0.146. The first-order valence-electron chi connectivity index (χ1n) is 8.67. The fraction of sp³-hybridized carbons (Fsp3) is 0.684. The van der Waals surface area contributed by atoms with Gasteiger partial charge in [-0.25, -0.2) is 0 Å². The number of hydrogen-bond donors (Lipinski definition) is 2. The Morgan fingerprint density at radius 2 is 1.95 bits per heavy atom. The van der Waals surface area contributed by atoms with Crippen LogP contribution in [0.15, 0.2) is 30.3 Å². The summed E-state index contributed by atoms with van der Waals surface area (Å²) in [5.41, 5.74) is 1.05. The molecule has 3 aliphatic rings. The van der Waals surface area contributed by atoms with Crippen molar-refractivity contribution in [3.05, 3.63) is 35.9 Å². The van der Waals surface area contributed by atoms with Crippen molar-refractivity contribution in [2.45, 2.75) is 63.1 Å². The van der Waals surface area contributed by atoms with Crippen LogP contribution in [-0.4, -0.2) is 16.7 Å². The van der Waals surface area contributed by atoms with Crippen LogP contribution in [0.4, 0.5) is 0 Å². The fourth-order valence-electron chi connectivity index (χ4n) is 5.40. The topological polar surface area (TPSA) is 32.3 Å². The van der Waals surface area contributed by atoms with Crippen molar-refractivity contribution < 1.29 is 5.11 Å². The van der Waals surface area contributed by atoms with E-state index in [1.807, 2.05) is 0 Å². The van der Waals surface area contributed by atoms with E-state index in [4.69, 9.17) is 0 Å². The third-order valence-electron chi connectivity index (χ3n) is 6.45. The Morgan fingerprint density at radius 1 is 1.14 bits per heavy atom. The highest BCUT2D eigenvalue weighted by Gasteiger charge is 2.53. The minimum Gasteiger partial charge on any atom is -0.390 e. The molecule has 2 N–H and O–H groups in total. The van der Waals surface area contributed by atoms with Crippen LogP contribution in [-0.2, 0) is 0 Å².